The van der Waals surface area contributed by atoms with Crippen LogP contribution in [0.25, 0.3) is 0 Å². The van der Waals surface area contributed by atoms with Crippen LogP contribution in [0, 0.1) is 0 Å². The van der Waals surface area contributed by atoms with Gasteiger partial charge < -0.3 is 19.8 Å². The zero-order chi connectivity index (χ0) is 10.7. The van der Waals surface area contributed by atoms with Crippen molar-refractivity contribution in [2.24, 2.45) is 0 Å². The molecule has 0 aliphatic heterocycles. The molecule has 0 aliphatic rings. The van der Waals surface area contributed by atoms with Crippen molar-refractivity contribution in [3.63, 3.8) is 0 Å². The van der Waals surface area contributed by atoms with E-state index in [1.165, 1.54) is 0 Å². The topological polar surface area (TPSA) is 77.4 Å². The molecule has 0 amide bonds. The molecule has 1 N–H and O–H groups in total. The molecule has 4 nitrogen and oxygen atoms in total. The largest absolute Gasteiger partial charge is 1.00 e. The van der Waals surface area contributed by atoms with E-state index in [9.17, 15) is 27.9 Å². The summed E-state index contributed by atoms with van der Waals surface area (Å²) in [5.74, 6) is -2.07. The quantitative estimate of drug-likeness (QED) is 0.388. The Morgan fingerprint density at radius 2 is 1.86 bits per heavy atom. The molecule has 0 heterocycles. The first kappa shape index (κ1) is 16.3. The predicted octanol–water partition coefficient (Wildman–Crippen LogP) is -3.99. The second-order valence-corrected chi connectivity index (χ2v) is 2.45. The number of hydrogen-bond donors (Lipinski definition) is 1. The van der Waals surface area contributed by atoms with Gasteiger partial charge in [0.15, 0.2) is 5.60 Å². The maximum atomic E-state index is 12.0. The molecule has 1 atom stereocenters. The van der Waals surface area contributed by atoms with Crippen molar-refractivity contribution in [1.82, 2.24) is 0 Å². The van der Waals surface area contributed by atoms with Gasteiger partial charge in [0.2, 0.25) is 0 Å². The number of halogens is 3. The third-order valence-corrected chi connectivity index (χ3v) is 1.39. The van der Waals surface area contributed by atoms with Gasteiger partial charge in [-0.2, -0.15) is 13.2 Å². The van der Waals surface area contributed by atoms with Gasteiger partial charge in [-0.05, 0) is 0 Å². The first-order valence-electron chi connectivity index (χ1n) is 3.15. The van der Waals surface area contributed by atoms with Crippen LogP contribution in [0.2, 0.25) is 0 Å². The van der Waals surface area contributed by atoms with Crippen molar-refractivity contribution >= 4 is 12.3 Å². The van der Waals surface area contributed by atoms with Crippen LogP contribution < -0.4 is 34.7 Å². The zero-order valence-electron chi connectivity index (χ0n) is 7.30. The Bertz CT molecular complexity index is 218. The van der Waals surface area contributed by atoms with Crippen molar-refractivity contribution in [3.05, 3.63) is 0 Å². The third kappa shape index (κ3) is 4.41. The average molecular weight is 222 g/mol. The van der Waals surface area contributed by atoms with Crippen molar-refractivity contribution in [1.29, 1.82) is 0 Å². The summed E-state index contributed by atoms with van der Waals surface area (Å²) in [6, 6.07) is 0. The third-order valence-electron chi connectivity index (χ3n) is 1.39. The van der Waals surface area contributed by atoms with Crippen LogP contribution in [-0.2, 0) is 9.59 Å². The maximum absolute atomic E-state index is 12.0. The number of carboxylic acids is 1. The summed E-state index contributed by atoms with van der Waals surface area (Å²) < 4.78 is 35.9. The molecule has 0 saturated heterocycles. The Kier molecular flexibility index (Phi) is 6.64. The molecule has 0 spiro atoms. The zero-order valence-corrected chi connectivity index (χ0v) is 9.30. The summed E-state index contributed by atoms with van der Waals surface area (Å²) in [5, 5.41) is 18.6. The summed E-state index contributed by atoms with van der Waals surface area (Å²) in [5.41, 5.74) is -3.52. The van der Waals surface area contributed by atoms with Crippen LogP contribution in [0.1, 0.15) is 12.8 Å². The van der Waals surface area contributed by atoms with Gasteiger partial charge in [-0.25, -0.2) is 0 Å². The van der Waals surface area contributed by atoms with E-state index >= 15 is 0 Å². The maximum Gasteiger partial charge on any atom is 1.00 e. The van der Waals surface area contributed by atoms with Gasteiger partial charge in [-0.15, -0.1) is 0 Å². The Morgan fingerprint density at radius 1 is 1.43 bits per heavy atom. The number of carbonyl (C=O) groups is 2. The van der Waals surface area contributed by atoms with Crippen molar-refractivity contribution in [3.8, 4) is 0 Å². The molecule has 0 aliphatic carbocycles. The standard InChI is InChI=1S/C6H7F3O4.Na/c7-6(8,9)5(13,1-2-10)3-4(11)12;/h2,13H,1,3H2,(H,11,12);/q;+1/p-1. The molecule has 0 bridgehead atoms. The molecule has 14 heavy (non-hydrogen) atoms. The molecule has 0 fully saturated rings. The van der Waals surface area contributed by atoms with Crippen molar-refractivity contribution < 1.29 is 62.5 Å². The minimum absolute atomic E-state index is 0. The van der Waals surface area contributed by atoms with E-state index < -0.39 is 30.6 Å². The Morgan fingerprint density at radius 3 is 2.07 bits per heavy atom. The van der Waals surface area contributed by atoms with Crippen LogP contribution in [0.3, 0.4) is 0 Å². The first-order chi connectivity index (χ1) is 5.73. The summed E-state index contributed by atoms with van der Waals surface area (Å²) in [6.45, 7) is 0. The Balaban J connectivity index is 0. The van der Waals surface area contributed by atoms with Gasteiger partial charge in [0.05, 0.1) is 0 Å². The van der Waals surface area contributed by atoms with Crippen LogP contribution >= 0.6 is 0 Å². The van der Waals surface area contributed by atoms with Gasteiger partial charge in [0.25, 0.3) is 0 Å². The van der Waals surface area contributed by atoms with E-state index in [1.807, 2.05) is 0 Å². The second kappa shape index (κ2) is 5.69. The fourth-order valence-corrected chi connectivity index (χ4v) is 0.665. The van der Waals surface area contributed by atoms with Crippen LogP contribution in [0.4, 0.5) is 13.2 Å². The fraction of sp³-hybridized carbons (Fsp3) is 0.667. The molecule has 0 radical (unpaired) electrons. The van der Waals surface area contributed by atoms with E-state index in [2.05, 4.69) is 0 Å². The molecular formula is C6H6F3NaO4. The number of carbonyl (C=O) groups excluding carboxylic acids is 2. The van der Waals surface area contributed by atoms with Crippen LogP contribution in [0.15, 0.2) is 0 Å². The Labute approximate surface area is 99.4 Å². The first-order valence-corrected chi connectivity index (χ1v) is 3.15. The summed E-state index contributed by atoms with van der Waals surface area (Å²) in [4.78, 5) is 19.6. The number of aliphatic carboxylic acids is 1. The molecule has 0 saturated carbocycles. The molecule has 0 rings (SSSR count). The molecule has 0 aromatic carbocycles. The average Bonchev–Trinajstić information content (AvgIpc) is 1.82. The second-order valence-electron chi connectivity index (χ2n) is 2.45. The fourth-order valence-electron chi connectivity index (χ4n) is 0.665. The predicted molar refractivity (Wildman–Crippen MR) is 31.3 cm³/mol. The van der Waals surface area contributed by atoms with Gasteiger partial charge in [0, 0.05) is 18.8 Å². The van der Waals surface area contributed by atoms with E-state index in [0.717, 1.165) is 0 Å². The van der Waals surface area contributed by atoms with Gasteiger partial charge >= 0.3 is 35.7 Å². The van der Waals surface area contributed by atoms with E-state index in [0.29, 0.717) is 0 Å². The van der Waals surface area contributed by atoms with E-state index in [-0.39, 0.29) is 35.8 Å². The Hall–Kier alpha value is -0.110. The van der Waals surface area contributed by atoms with Gasteiger partial charge in [0.1, 0.15) is 6.29 Å². The number of aliphatic hydroxyl groups is 1. The van der Waals surface area contributed by atoms with E-state index in [1.54, 1.807) is 0 Å². The van der Waals surface area contributed by atoms with Crippen LogP contribution in [-0.4, -0.2) is 29.1 Å². The minimum atomic E-state index is -5.16. The van der Waals surface area contributed by atoms with Gasteiger partial charge in [-0.1, -0.05) is 0 Å². The molecular weight excluding hydrogens is 216 g/mol. The summed E-state index contributed by atoms with van der Waals surface area (Å²) in [6.07, 6.45) is -8.32. The van der Waals surface area contributed by atoms with Crippen molar-refractivity contribution in [2.75, 3.05) is 0 Å². The molecule has 76 valence electrons. The minimum Gasteiger partial charge on any atom is -0.550 e. The normalized spacial score (nSPS) is 15.1. The van der Waals surface area contributed by atoms with E-state index in [4.69, 9.17) is 5.11 Å². The number of aldehydes is 1. The monoisotopic (exact) mass is 222 g/mol. The smallest absolute Gasteiger partial charge is 0.550 e. The number of carboxylic acid groups (broad SMARTS) is 1. The summed E-state index contributed by atoms with van der Waals surface area (Å²) in [7, 11) is 0. The SMILES string of the molecule is O=CCC(O)(CC(=O)[O-])C(F)(F)F.[Na+]. The van der Waals surface area contributed by atoms with Gasteiger partial charge in [-0.3, -0.25) is 0 Å². The molecule has 8 heteroatoms. The molecule has 0 aromatic rings. The number of rotatable bonds is 4. The number of alkyl halides is 3. The van der Waals surface area contributed by atoms with Crippen molar-refractivity contribution in [2.45, 2.75) is 24.6 Å². The molecule has 0 aromatic heterocycles. The van der Waals surface area contributed by atoms with Crippen LogP contribution in [0.5, 0.6) is 0 Å². The molecule has 1 unspecified atom stereocenters. The number of hydrogen-bond acceptors (Lipinski definition) is 4. The summed E-state index contributed by atoms with van der Waals surface area (Å²) >= 11 is 0.